The van der Waals surface area contributed by atoms with Crippen LogP contribution in [0.5, 0.6) is 0 Å². The van der Waals surface area contributed by atoms with E-state index in [-0.39, 0.29) is 11.5 Å². The number of rotatable bonds is 5. The summed E-state index contributed by atoms with van der Waals surface area (Å²) in [6, 6.07) is 3.89. The molecule has 1 saturated heterocycles. The molecule has 0 atom stereocenters. The van der Waals surface area contributed by atoms with E-state index in [4.69, 9.17) is 0 Å². The number of carbonyl (C=O) groups excluding carboxylic acids is 1. The number of nitrogens with zero attached hydrogens (tertiary/aromatic N) is 4. The van der Waals surface area contributed by atoms with E-state index >= 15 is 0 Å². The first-order chi connectivity index (χ1) is 14.1. The highest BCUT2D eigenvalue weighted by atomic mass is 32.1. The Hall–Kier alpha value is -2.78. The maximum Gasteiger partial charge on any atom is 0.270 e. The molecule has 1 fully saturated rings. The third-order valence-corrected chi connectivity index (χ3v) is 6.11. The smallest absolute Gasteiger partial charge is 0.270 e. The van der Waals surface area contributed by atoms with Gasteiger partial charge in [0.15, 0.2) is 5.13 Å². The zero-order valence-electron chi connectivity index (χ0n) is 16.6. The highest BCUT2D eigenvalue weighted by molar-refractivity contribution is 7.13. The van der Waals surface area contributed by atoms with Gasteiger partial charge in [0.25, 0.3) is 11.5 Å². The van der Waals surface area contributed by atoms with E-state index in [0.717, 1.165) is 60.0 Å². The first kappa shape index (κ1) is 19.5. The van der Waals surface area contributed by atoms with Crippen molar-refractivity contribution in [1.29, 1.82) is 0 Å². The topological polar surface area (TPSA) is 94.2 Å². The molecule has 29 heavy (non-hydrogen) atoms. The van der Waals surface area contributed by atoms with Crippen molar-refractivity contribution < 1.29 is 4.79 Å². The fourth-order valence-corrected chi connectivity index (χ4v) is 4.37. The van der Waals surface area contributed by atoms with Gasteiger partial charge in [-0.1, -0.05) is 6.92 Å². The molecular formula is C20H24N6O2S. The monoisotopic (exact) mass is 412 g/mol. The first-order valence-corrected chi connectivity index (χ1v) is 10.6. The Bertz CT molecular complexity index is 1080. The molecule has 4 rings (SSSR count). The average molecular weight is 413 g/mol. The van der Waals surface area contributed by atoms with Crippen molar-refractivity contribution in [2.45, 2.75) is 19.9 Å². The molecular weight excluding hydrogens is 388 g/mol. The number of hydrogen-bond acceptors (Lipinski definition) is 7. The van der Waals surface area contributed by atoms with Crippen LogP contribution in [0.4, 0.5) is 5.13 Å². The van der Waals surface area contributed by atoms with E-state index in [2.05, 4.69) is 30.1 Å². The summed E-state index contributed by atoms with van der Waals surface area (Å²) in [5, 5.41) is 5.29. The number of aromatic amines is 1. The second-order valence-corrected chi connectivity index (χ2v) is 7.95. The summed E-state index contributed by atoms with van der Waals surface area (Å²) in [4.78, 5) is 40.3. The molecule has 0 radical (unpaired) electrons. The van der Waals surface area contributed by atoms with E-state index < -0.39 is 0 Å². The Balaban J connectivity index is 1.40. The quantitative estimate of drug-likeness (QED) is 0.661. The third-order valence-electron chi connectivity index (χ3n) is 5.21. The molecule has 152 valence electrons. The fraction of sp³-hybridized carbons (Fsp3) is 0.400. The normalized spacial score (nSPS) is 15.0. The number of amides is 1. The van der Waals surface area contributed by atoms with Crippen LogP contribution in [0.15, 0.2) is 28.5 Å². The van der Waals surface area contributed by atoms with Crippen LogP contribution >= 0.6 is 11.3 Å². The summed E-state index contributed by atoms with van der Waals surface area (Å²) in [5.74, 6) is -0.154. The van der Waals surface area contributed by atoms with Gasteiger partial charge in [-0.2, -0.15) is 0 Å². The summed E-state index contributed by atoms with van der Waals surface area (Å²) in [6.45, 7) is 6.28. The van der Waals surface area contributed by atoms with E-state index in [0.29, 0.717) is 12.1 Å². The number of piperazine rings is 1. The largest absolute Gasteiger partial charge is 0.354 e. The molecule has 1 aliphatic heterocycles. The highest BCUT2D eigenvalue weighted by Gasteiger charge is 2.21. The number of fused-ring (bicyclic) bond motifs is 1. The van der Waals surface area contributed by atoms with Crippen LogP contribution in [-0.2, 0) is 13.0 Å². The van der Waals surface area contributed by atoms with Crippen molar-refractivity contribution in [2.24, 2.45) is 0 Å². The number of H-pyrrole nitrogens is 1. The number of nitrogens with one attached hydrogen (secondary N) is 2. The molecule has 1 amide bonds. The van der Waals surface area contributed by atoms with Gasteiger partial charge in [-0.25, -0.2) is 4.98 Å². The van der Waals surface area contributed by atoms with E-state index in [1.807, 2.05) is 25.3 Å². The van der Waals surface area contributed by atoms with E-state index in [9.17, 15) is 9.59 Å². The molecule has 0 aliphatic carbocycles. The van der Waals surface area contributed by atoms with Crippen LogP contribution in [0.25, 0.3) is 11.0 Å². The Morgan fingerprint density at radius 3 is 2.79 bits per heavy atom. The Morgan fingerprint density at radius 2 is 2.07 bits per heavy atom. The second-order valence-electron chi connectivity index (χ2n) is 7.11. The number of aryl methyl sites for hydroxylation is 1. The lowest BCUT2D eigenvalue weighted by atomic mass is 10.1. The van der Waals surface area contributed by atoms with Gasteiger partial charge >= 0.3 is 0 Å². The van der Waals surface area contributed by atoms with E-state index in [1.54, 1.807) is 12.4 Å². The Labute approximate surface area is 172 Å². The van der Waals surface area contributed by atoms with Crippen molar-refractivity contribution in [3.8, 4) is 0 Å². The first-order valence-electron chi connectivity index (χ1n) is 9.73. The highest BCUT2D eigenvalue weighted by Crippen LogP contribution is 2.22. The van der Waals surface area contributed by atoms with Gasteiger partial charge in [-0.15, -0.1) is 11.3 Å². The van der Waals surface area contributed by atoms with Crippen molar-refractivity contribution >= 4 is 33.4 Å². The number of hydrogen-bond donors (Lipinski definition) is 2. The maximum atomic E-state index is 12.1. The van der Waals surface area contributed by atoms with Crippen LogP contribution in [-0.4, -0.2) is 59.0 Å². The van der Waals surface area contributed by atoms with Crippen LogP contribution in [0.2, 0.25) is 0 Å². The molecule has 0 aromatic carbocycles. The fourth-order valence-electron chi connectivity index (χ4n) is 3.51. The molecule has 3 aromatic heterocycles. The van der Waals surface area contributed by atoms with Crippen LogP contribution in [0.1, 0.15) is 28.5 Å². The molecule has 0 spiro atoms. The SMILES string of the molecule is CCc1cc2ncc(CN3CCN(c4nc(C(=O)NC)cs4)CC3)cc2[nH]c1=O. The van der Waals surface area contributed by atoms with Crippen LogP contribution in [0, 0.1) is 0 Å². The summed E-state index contributed by atoms with van der Waals surface area (Å²) >= 11 is 1.50. The molecule has 0 bridgehead atoms. The standard InChI is InChI=1S/C20H24N6O2S/c1-3-14-9-15-16(23-18(14)27)8-13(10-22-15)11-25-4-6-26(7-5-25)20-24-17(12-29-20)19(28)21-2/h8-10,12H,3-7,11H2,1-2H3,(H,21,28)(H,23,27). The molecule has 3 aromatic rings. The minimum atomic E-state index is -0.154. The molecule has 9 heteroatoms. The Kier molecular flexibility index (Phi) is 5.59. The minimum absolute atomic E-state index is 0.0351. The lowest BCUT2D eigenvalue weighted by molar-refractivity contribution is 0.0959. The van der Waals surface area contributed by atoms with Crippen LogP contribution in [0.3, 0.4) is 0 Å². The van der Waals surface area contributed by atoms with Crippen molar-refractivity contribution in [2.75, 3.05) is 38.1 Å². The molecule has 2 N–H and O–H groups in total. The molecule has 0 unspecified atom stereocenters. The van der Waals surface area contributed by atoms with Gasteiger partial charge in [0.2, 0.25) is 0 Å². The van der Waals surface area contributed by atoms with Gasteiger partial charge in [-0.3, -0.25) is 19.5 Å². The zero-order valence-corrected chi connectivity index (χ0v) is 17.4. The number of thiazole rings is 1. The summed E-state index contributed by atoms with van der Waals surface area (Å²) in [6.07, 6.45) is 2.59. The predicted octanol–water partition coefficient (Wildman–Crippen LogP) is 1.62. The van der Waals surface area contributed by atoms with Crippen molar-refractivity contribution in [1.82, 2.24) is 25.2 Å². The number of carbonyl (C=O) groups is 1. The zero-order chi connectivity index (χ0) is 20.4. The molecule has 8 nitrogen and oxygen atoms in total. The summed E-state index contributed by atoms with van der Waals surface area (Å²) < 4.78 is 0. The minimum Gasteiger partial charge on any atom is -0.354 e. The van der Waals surface area contributed by atoms with Gasteiger partial charge in [0.05, 0.1) is 11.0 Å². The third kappa shape index (κ3) is 4.15. The summed E-state index contributed by atoms with van der Waals surface area (Å²) in [7, 11) is 1.61. The van der Waals surface area contributed by atoms with Crippen molar-refractivity contribution in [3.05, 3.63) is 50.9 Å². The van der Waals surface area contributed by atoms with Gasteiger partial charge in [-0.05, 0) is 24.1 Å². The summed E-state index contributed by atoms with van der Waals surface area (Å²) in [5.41, 5.74) is 3.89. The molecule has 1 aliphatic rings. The van der Waals surface area contributed by atoms with Gasteiger partial charge < -0.3 is 15.2 Å². The molecule has 4 heterocycles. The maximum absolute atomic E-state index is 12.1. The van der Waals surface area contributed by atoms with Gasteiger partial charge in [0.1, 0.15) is 5.69 Å². The van der Waals surface area contributed by atoms with Crippen molar-refractivity contribution in [3.63, 3.8) is 0 Å². The van der Waals surface area contributed by atoms with E-state index in [1.165, 1.54) is 11.3 Å². The second kappa shape index (κ2) is 8.30. The van der Waals surface area contributed by atoms with Crippen LogP contribution < -0.4 is 15.8 Å². The average Bonchev–Trinajstić information content (AvgIpc) is 3.23. The number of aromatic nitrogens is 3. The number of pyridine rings is 2. The lowest BCUT2D eigenvalue weighted by Gasteiger charge is -2.34. The lowest BCUT2D eigenvalue weighted by Crippen LogP contribution is -2.46. The Morgan fingerprint density at radius 1 is 1.28 bits per heavy atom. The predicted molar refractivity (Wildman–Crippen MR) is 115 cm³/mol. The van der Waals surface area contributed by atoms with Gasteiger partial charge in [0, 0.05) is 56.9 Å². The molecule has 0 saturated carbocycles. The number of anilines is 1.